The standard InChI is InChI=1S/C13H25N3O4S/c1-5-21(19,20)15-10(4)13(18)16-7-6-14-12(17)11(16)8-9(2)3/h9-11,15H,5-8H2,1-4H3,(H,14,17)/t10-,11-/m0/s1. The van der Waals surface area contributed by atoms with E-state index in [2.05, 4.69) is 10.0 Å². The Morgan fingerprint density at radius 3 is 2.57 bits per heavy atom. The molecule has 2 atom stereocenters. The van der Waals surface area contributed by atoms with Gasteiger partial charge in [0, 0.05) is 13.1 Å². The summed E-state index contributed by atoms with van der Waals surface area (Å²) in [7, 11) is -3.45. The van der Waals surface area contributed by atoms with Gasteiger partial charge in [-0.2, -0.15) is 0 Å². The van der Waals surface area contributed by atoms with Crippen molar-refractivity contribution in [1.82, 2.24) is 14.9 Å². The molecular formula is C13H25N3O4S. The molecule has 122 valence electrons. The fourth-order valence-electron chi connectivity index (χ4n) is 2.31. The van der Waals surface area contributed by atoms with E-state index in [0.717, 1.165) is 0 Å². The lowest BCUT2D eigenvalue weighted by Crippen LogP contribution is -2.61. The smallest absolute Gasteiger partial charge is 0.242 e. The van der Waals surface area contributed by atoms with E-state index in [4.69, 9.17) is 0 Å². The fourth-order valence-corrected chi connectivity index (χ4v) is 3.12. The summed E-state index contributed by atoms with van der Waals surface area (Å²) < 4.78 is 25.5. The van der Waals surface area contributed by atoms with Gasteiger partial charge < -0.3 is 10.2 Å². The summed E-state index contributed by atoms with van der Waals surface area (Å²) >= 11 is 0. The first-order chi connectivity index (χ1) is 9.68. The highest BCUT2D eigenvalue weighted by Crippen LogP contribution is 2.16. The average Bonchev–Trinajstić information content (AvgIpc) is 2.39. The summed E-state index contributed by atoms with van der Waals surface area (Å²) in [6, 6.07) is -1.39. The highest BCUT2D eigenvalue weighted by Gasteiger charge is 2.35. The zero-order valence-electron chi connectivity index (χ0n) is 13.0. The van der Waals surface area contributed by atoms with Crippen molar-refractivity contribution >= 4 is 21.8 Å². The lowest BCUT2D eigenvalue weighted by Gasteiger charge is -2.37. The third-order valence-corrected chi connectivity index (χ3v) is 4.89. The van der Waals surface area contributed by atoms with Gasteiger partial charge in [0.15, 0.2) is 0 Å². The van der Waals surface area contributed by atoms with Crippen LogP contribution in [0.4, 0.5) is 0 Å². The van der Waals surface area contributed by atoms with Crippen molar-refractivity contribution in [2.75, 3.05) is 18.8 Å². The first-order valence-corrected chi connectivity index (χ1v) is 8.91. The summed E-state index contributed by atoms with van der Waals surface area (Å²) in [4.78, 5) is 25.9. The second kappa shape index (κ2) is 7.22. The van der Waals surface area contributed by atoms with Crippen molar-refractivity contribution in [3.8, 4) is 0 Å². The van der Waals surface area contributed by atoms with E-state index in [1.807, 2.05) is 13.8 Å². The Morgan fingerprint density at radius 1 is 1.43 bits per heavy atom. The lowest BCUT2D eigenvalue weighted by atomic mass is 9.99. The Bertz CT molecular complexity index is 490. The molecule has 1 saturated heterocycles. The zero-order valence-corrected chi connectivity index (χ0v) is 13.9. The van der Waals surface area contributed by atoms with Gasteiger partial charge in [-0.25, -0.2) is 13.1 Å². The molecule has 0 spiro atoms. The molecule has 0 aliphatic carbocycles. The third kappa shape index (κ3) is 4.96. The van der Waals surface area contributed by atoms with Crippen molar-refractivity contribution < 1.29 is 18.0 Å². The van der Waals surface area contributed by atoms with Gasteiger partial charge in [-0.1, -0.05) is 13.8 Å². The van der Waals surface area contributed by atoms with Crippen LogP contribution >= 0.6 is 0 Å². The molecule has 2 amide bonds. The number of hydrogen-bond donors (Lipinski definition) is 2. The van der Waals surface area contributed by atoms with Gasteiger partial charge in [-0.05, 0) is 26.2 Å². The number of piperazine rings is 1. The number of rotatable bonds is 6. The Hall–Kier alpha value is -1.15. The number of amides is 2. The number of hydrogen-bond acceptors (Lipinski definition) is 4. The van der Waals surface area contributed by atoms with Gasteiger partial charge in [0.05, 0.1) is 11.8 Å². The van der Waals surface area contributed by atoms with Crippen molar-refractivity contribution in [2.45, 2.75) is 46.2 Å². The molecule has 0 radical (unpaired) electrons. The minimum Gasteiger partial charge on any atom is -0.353 e. The maximum Gasteiger partial charge on any atom is 0.242 e. The molecule has 1 rings (SSSR count). The van der Waals surface area contributed by atoms with E-state index in [9.17, 15) is 18.0 Å². The van der Waals surface area contributed by atoms with Crippen molar-refractivity contribution in [1.29, 1.82) is 0 Å². The van der Waals surface area contributed by atoms with E-state index in [0.29, 0.717) is 19.5 Å². The number of nitrogens with zero attached hydrogens (tertiary/aromatic N) is 1. The predicted octanol–water partition coefficient (Wildman–Crippen LogP) is -0.313. The van der Waals surface area contributed by atoms with E-state index < -0.39 is 22.1 Å². The van der Waals surface area contributed by atoms with Crippen LogP contribution < -0.4 is 10.0 Å². The zero-order chi connectivity index (χ0) is 16.2. The summed E-state index contributed by atoms with van der Waals surface area (Å²) in [6.45, 7) is 7.78. The van der Waals surface area contributed by atoms with Crippen molar-refractivity contribution in [3.05, 3.63) is 0 Å². The summed E-state index contributed by atoms with van der Waals surface area (Å²) in [5, 5.41) is 2.75. The first-order valence-electron chi connectivity index (χ1n) is 7.26. The molecule has 0 aromatic heterocycles. The highest BCUT2D eigenvalue weighted by molar-refractivity contribution is 7.89. The molecule has 7 nitrogen and oxygen atoms in total. The SMILES string of the molecule is CCS(=O)(=O)N[C@@H](C)C(=O)N1CCNC(=O)[C@@H]1CC(C)C. The molecule has 8 heteroatoms. The average molecular weight is 319 g/mol. The molecule has 1 fully saturated rings. The monoisotopic (exact) mass is 319 g/mol. The normalized spacial score (nSPS) is 21.3. The fraction of sp³-hybridized carbons (Fsp3) is 0.846. The lowest BCUT2D eigenvalue weighted by molar-refractivity contribution is -0.144. The number of sulfonamides is 1. The molecule has 0 aromatic carbocycles. The van der Waals surface area contributed by atoms with Gasteiger partial charge in [0.1, 0.15) is 6.04 Å². The maximum atomic E-state index is 12.4. The Balaban J connectivity index is 2.84. The van der Waals surface area contributed by atoms with Gasteiger partial charge in [0.2, 0.25) is 21.8 Å². The minimum atomic E-state index is -3.45. The molecule has 21 heavy (non-hydrogen) atoms. The molecule has 2 N–H and O–H groups in total. The summed E-state index contributed by atoms with van der Waals surface area (Å²) in [5.41, 5.74) is 0. The summed E-state index contributed by atoms with van der Waals surface area (Å²) in [5.74, 6) is -0.348. The van der Waals surface area contributed by atoms with Crippen molar-refractivity contribution in [3.63, 3.8) is 0 Å². The number of carbonyl (C=O) groups is 2. The summed E-state index contributed by atoms with van der Waals surface area (Å²) in [6.07, 6.45) is 0.560. The minimum absolute atomic E-state index is 0.0828. The molecule has 0 bridgehead atoms. The predicted molar refractivity (Wildman–Crippen MR) is 80.0 cm³/mol. The number of nitrogens with one attached hydrogen (secondary N) is 2. The Morgan fingerprint density at radius 2 is 2.05 bits per heavy atom. The third-order valence-electron chi connectivity index (χ3n) is 3.42. The first kappa shape index (κ1) is 17.9. The molecule has 1 heterocycles. The van der Waals surface area contributed by atoms with Crippen LogP contribution in [-0.4, -0.2) is 56.1 Å². The van der Waals surface area contributed by atoms with Crippen molar-refractivity contribution in [2.24, 2.45) is 5.92 Å². The van der Waals surface area contributed by atoms with E-state index >= 15 is 0 Å². The second-order valence-corrected chi connectivity index (χ2v) is 7.75. The largest absolute Gasteiger partial charge is 0.353 e. The Kier molecular flexibility index (Phi) is 6.15. The van der Waals surface area contributed by atoms with E-state index in [-0.39, 0.29) is 23.5 Å². The van der Waals surface area contributed by atoms with Gasteiger partial charge >= 0.3 is 0 Å². The molecule has 1 aliphatic heterocycles. The quantitative estimate of drug-likeness (QED) is 0.702. The van der Waals surface area contributed by atoms with Gasteiger partial charge in [-0.3, -0.25) is 9.59 Å². The molecule has 0 aromatic rings. The molecular weight excluding hydrogens is 294 g/mol. The van der Waals surface area contributed by atoms with Crippen LogP contribution in [0.3, 0.4) is 0 Å². The van der Waals surface area contributed by atoms with Crippen LogP contribution in [0, 0.1) is 5.92 Å². The van der Waals surface area contributed by atoms with Crippen LogP contribution in [0.1, 0.15) is 34.1 Å². The van der Waals surface area contributed by atoms with E-state index in [1.54, 1.807) is 0 Å². The van der Waals surface area contributed by atoms with Crippen LogP contribution in [0.15, 0.2) is 0 Å². The topological polar surface area (TPSA) is 95.6 Å². The van der Waals surface area contributed by atoms with Crippen LogP contribution in [0.5, 0.6) is 0 Å². The molecule has 0 unspecified atom stereocenters. The van der Waals surface area contributed by atoms with E-state index in [1.165, 1.54) is 18.7 Å². The molecule has 0 saturated carbocycles. The van der Waals surface area contributed by atoms with Gasteiger partial charge in [0.25, 0.3) is 0 Å². The second-order valence-electron chi connectivity index (χ2n) is 5.71. The van der Waals surface area contributed by atoms with Crippen LogP contribution in [-0.2, 0) is 19.6 Å². The molecule has 1 aliphatic rings. The number of carbonyl (C=O) groups excluding carboxylic acids is 2. The van der Waals surface area contributed by atoms with Crippen LogP contribution in [0.25, 0.3) is 0 Å². The Labute approximate surface area is 126 Å². The van der Waals surface area contributed by atoms with Crippen LogP contribution in [0.2, 0.25) is 0 Å². The van der Waals surface area contributed by atoms with Gasteiger partial charge in [-0.15, -0.1) is 0 Å². The maximum absolute atomic E-state index is 12.4. The highest BCUT2D eigenvalue weighted by atomic mass is 32.2.